The third-order valence-corrected chi connectivity index (χ3v) is 5.00. The minimum atomic E-state index is -4.87. The predicted octanol–water partition coefficient (Wildman–Crippen LogP) is 4.10. The van der Waals surface area contributed by atoms with E-state index in [-0.39, 0.29) is 38.9 Å². The van der Waals surface area contributed by atoms with Gasteiger partial charge in [-0.05, 0) is 13.8 Å². The van der Waals surface area contributed by atoms with Gasteiger partial charge in [0.05, 0.1) is 0 Å². The van der Waals surface area contributed by atoms with Gasteiger partial charge in [-0.25, -0.2) is 4.57 Å². The van der Waals surface area contributed by atoms with Crippen LogP contribution < -0.4 is 0 Å². The Kier molecular flexibility index (Phi) is 20.5. The van der Waals surface area contributed by atoms with Crippen LogP contribution in [0.5, 0.6) is 0 Å². The Hall–Kier alpha value is -0.395. The van der Waals surface area contributed by atoms with Gasteiger partial charge in [0.25, 0.3) is 0 Å². The summed E-state index contributed by atoms with van der Waals surface area (Å²) in [5.41, 5.74) is 2.64. The molecule has 27 heavy (non-hydrogen) atoms. The van der Waals surface area contributed by atoms with Gasteiger partial charge in [-0.15, -0.1) is 9.79 Å². The maximum absolute atomic E-state index is 10.3. The average Bonchev–Trinajstić information content (AvgIpc) is 2.47. The first kappa shape index (κ1) is 31.3. The van der Waals surface area contributed by atoms with E-state index in [1.165, 1.54) is 11.1 Å². The van der Waals surface area contributed by atoms with Crippen LogP contribution in [0.4, 0.5) is 0 Å². The summed E-state index contributed by atoms with van der Waals surface area (Å²) in [6.45, 7) is 4.17. The fraction of sp³-hybridized carbons (Fsp3) is 0.143. The topological polar surface area (TPSA) is 130 Å². The average molecular weight is 446 g/mol. The van der Waals surface area contributed by atoms with E-state index in [1.807, 2.05) is 36.4 Å². The molecule has 0 aliphatic rings. The van der Waals surface area contributed by atoms with Crippen molar-refractivity contribution in [3.8, 4) is 0 Å². The first-order chi connectivity index (χ1) is 11.6. The maximum Gasteiger partial charge on any atom is 2.00 e. The number of phosphoric acid groups is 1. The second-order valence-electron chi connectivity index (χ2n) is 4.42. The zero-order valence-electron chi connectivity index (χ0n) is 18.9. The Bertz CT molecular complexity index is 666. The summed E-state index contributed by atoms with van der Waals surface area (Å²) in [6, 6.07) is 20.5. The van der Waals surface area contributed by atoms with Gasteiger partial charge in [0.2, 0.25) is 0 Å². The van der Waals surface area contributed by atoms with E-state index in [9.17, 15) is 13.7 Å². The summed E-state index contributed by atoms with van der Waals surface area (Å²) in [7, 11) is -11.6. The van der Waals surface area contributed by atoms with Crippen LogP contribution in [0, 0.1) is 13.8 Å². The molecule has 0 spiro atoms. The van der Waals surface area contributed by atoms with Crippen molar-refractivity contribution in [1.29, 1.82) is 0 Å². The third-order valence-electron chi connectivity index (χ3n) is 2.23. The molecule has 144 valence electrons. The molecule has 3 N–H and O–H groups in total. The van der Waals surface area contributed by atoms with Crippen molar-refractivity contribution in [2.45, 2.75) is 13.8 Å². The van der Waals surface area contributed by atoms with E-state index < -0.39 is 24.3 Å². The number of benzene rings is 2. The third kappa shape index (κ3) is 21.8. The van der Waals surface area contributed by atoms with Crippen LogP contribution in [0.25, 0.3) is 0 Å². The Morgan fingerprint density at radius 1 is 0.815 bits per heavy atom. The summed E-state index contributed by atoms with van der Waals surface area (Å²) in [4.78, 5) is 24.1. The summed E-state index contributed by atoms with van der Waals surface area (Å²) < 4.78 is 36.4. The quantitative estimate of drug-likeness (QED) is 0.474. The second-order valence-corrected chi connectivity index (χ2v) is 7.61. The molecule has 13 heteroatoms. The molecule has 2 atom stereocenters. The van der Waals surface area contributed by atoms with Gasteiger partial charge in [-0.2, -0.15) is 0 Å². The molecule has 2 aromatic carbocycles. The van der Waals surface area contributed by atoms with Crippen LogP contribution in [0.3, 0.4) is 0 Å². The molecule has 2 aromatic rings. The zero-order chi connectivity index (χ0) is 19.3. The molecule has 2 unspecified atom stereocenters. The Balaban J connectivity index is -0.0000000520. The van der Waals surface area contributed by atoms with E-state index >= 15 is 0 Å². The fourth-order valence-corrected chi connectivity index (χ4v) is 3.06. The SMILES string of the molecule is Cc1ccccc1.Cc1ccccc1.O=[P+](O)OP(=O)(O)O[P+](=O)O.[Be+2].[H-].[H-].[H-].[H-].[Mg+2]. The Labute approximate surface area is 185 Å². The van der Waals surface area contributed by atoms with Crippen LogP contribution >= 0.6 is 24.3 Å². The van der Waals surface area contributed by atoms with Gasteiger partial charge < -0.3 is 5.71 Å². The van der Waals surface area contributed by atoms with Crippen LogP contribution in [-0.2, 0) is 22.3 Å². The maximum atomic E-state index is 10.3. The van der Waals surface area contributed by atoms with Crippen LogP contribution in [-0.4, -0.2) is 47.9 Å². The van der Waals surface area contributed by atoms with E-state index in [0.29, 0.717) is 0 Å². The molecule has 0 fully saturated rings. The van der Waals surface area contributed by atoms with Gasteiger partial charge in [0.1, 0.15) is 0 Å². The van der Waals surface area contributed by atoms with Gasteiger partial charge in [0.15, 0.2) is 0 Å². The first-order valence-corrected chi connectivity index (χ1v) is 10.5. The molecule has 0 aliphatic carbocycles. The second kappa shape index (κ2) is 17.7. The molecule has 0 saturated carbocycles. The summed E-state index contributed by atoms with van der Waals surface area (Å²) >= 11 is 0. The molecule has 0 bridgehead atoms. The number of hydrogen-bond acceptors (Lipinski definition) is 5. The molecule has 0 amide bonds. The molecular weight excluding hydrogens is 422 g/mol. The number of hydrogen-bond donors (Lipinski definition) is 3. The molecule has 0 heterocycles. The van der Waals surface area contributed by atoms with Crippen molar-refractivity contribution in [2.24, 2.45) is 0 Å². The molecule has 0 aliphatic heterocycles. The smallest absolute Gasteiger partial charge is 1.00 e. The summed E-state index contributed by atoms with van der Waals surface area (Å²) in [6.07, 6.45) is 0. The molecule has 0 aromatic heterocycles. The fourth-order valence-electron chi connectivity index (χ4n) is 1.26. The largest absolute Gasteiger partial charge is 2.00 e. The minimum absolute atomic E-state index is 0. The molecular formula is C14H23BeMgO8P3+2. The van der Waals surface area contributed by atoms with Crippen molar-refractivity contribution in [3.05, 3.63) is 71.8 Å². The van der Waals surface area contributed by atoms with Gasteiger partial charge in [0, 0.05) is 17.8 Å². The van der Waals surface area contributed by atoms with Crippen LogP contribution in [0.15, 0.2) is 60.7 Å². The zero-order valence-corrected chi connectivity index (χ0v) is 19.0. The van der Waals surface area contributed by atoms with Gasteiger partial charge in [-0.1, -0.05) is 71.8 Å². The standard InChI is InChI=1S/2C7H8.Be.Mg.HO8P3.4H/c2*1-7-5-3-2-4-6-7;;;1-9(2)7-11(5,6)8-10(3)4;;;;/h2*2-6H,1H3;;;(H-2,1,2,3,4,5,6);;;;/q;;2*+2;;4*-1/p+2. The van der Waals surface area contributed by atoms with Crippen molar-refractivity contribution < 1.29 is 42.7 Å². The van der Waals surface area contributed by atoms with Gasteiger partial charge >= 0.3 is 57.5 Å². The Morgan fingerprint density at radius 3 is 1.22 bits per heavy atom. The van der Waals surface area contributed by atoms with Crippen molar-refractivity contribution in [3.63, 3.8) is 0 Å². The van der Waals surface area contributed by atoms with E-state index in [2.05, 4.69) is 46.7 Å². The summed E-state index contributed by atoms with van der Waals surface area (Å²) in [5, 5.41) is 0. The van der Waals surface area contributed by atoms with Crippen molar-refractivity contribution in [2.75, 3.05) is 0 Å². The van der Waals surface area contributed by atoms with Crippen molar-refractivity contribution >= 4 is 57.5 Å². The normalized spacial score (nSPS) is 12.2. The number of rotatable bonds is 4. The van der Waals surface area contributed by atoms with Crippen LogP contribution in [0.2, 0.25) is 0 Å². The van der Waals surface area contributed by atoms with Gasteiger partial charge in [-0.3, -0.25) is 4.89 Å². The molecule has 2 rings (SSSR count). The predicted molar refractivity (Wildman–Crippen MR) is 110 cm³/mol. The summed E-state index contributed by atoms with van der Waals surface area (Å²) in [5.74, 6) is 0. The van der Waals surface area contributed by atoms with E-state index in [0.717, 1.165) is 0 Å². The number of aryl methyl sites for hydroxylation is 2. The minimum Gasteiger partial charge on any atom is -1.00 e. The monoisotopic (exact) mass is 445 g/mol. The van der Waals surface area contributed by atoms with Crippen LogP contribution in [0.1, 0.15) is 16.8 Å². The molecule has 8 nitrogen and oxygen atoms in total. The van der Waals surface area contributed by atoms with E-state index in [1.54, 1.807) is 0 Å². The van der Waals surface area contributed by atoms with E-state index in [4.69, 9.17) is 14.7 Å². The molecule has 0 radical (unpaired) electrons. The van der Waals surface area contributed by atoms with Crippen molar-refractivity contribution in [1.82, 2.24) is 0 Å². The first-order valence-electron chi connectivity index (χ1n) is 6.70. The molecule has 0 saturated heterocycles. The Morgan fingerprint density at radius 2 is 1.07 bits per heavy atom.